The average molecular weight is 373 g/mol. The van der Waals surface area contributed by atoms with Gasteiger partial charge in [-0.2, -0.15) is 0 Å². The van der Waals surface area contributed by atoms with Crippen LogP contribution in [0.15, 0.2) is 34.9 Å². The molecule has 1 saturated carbocycles. The number of ether oxygens (including phenoxy) is 3. The molecule has 6 nitrogen and oxygen atoms in total. The maximum Gasteiger partial charge on any atom is 0.251 e. The number of furan rings is 1. The lowest BCUT2D eigenvalue weighted by Gasteiger charge is -2.32. The van der Waals surface area contributed by atoms with Crippen LogP contribution in [0.5, 0.6) is 17.2 Å². The van der Waals surface area contributed by atoms with Crippen LogP contribution in [0.1, 0.15) is 41.8 Å². The lowest BCUT2D eigenvalue weighted by Crippen LogP contribution is -2.42. The highest BCUT2D eigenvalue weighted by molar-refractivity contribution is 5.95. The van der Waals surface area contributed by atoms with E-state index in [0.717, 1.165) is 31.4 Å². The molecule has 6 heteroatoms. The van der Waals surface area contributed by atoms with Gasteiger partial charge in [-0.05, 0) is 43.0 Å². The fourth-order valence-electron chi connectivity index (χ4n) is 3.79. The molecule has 1 aromatic heterocycles. The molecule has 0 radical (unpaired) electrons. The van der Waals surface area contributed by atoms with Crippen molar-refractivity contribution in [2.24, 2.45) is 5.92 Å². The van der Waals surface area contributed by atoms with Crippen LogP contribution in [-0.4, -0.2) is 33.3 Å². The van der Waals surface area contributed by atoms with E-state index in [1.165, 1.54) is 6.42 Å². The van der Waals surface area contributed by atoms with E-state index in [-0.39, 0.29) is 11.9 Å². The van der Waals surface area contributed by atoms with Crippen molar-refractivity contribution < 1.29 is 23.4 Å². The van der Waals surface area contributed by atoms with Crippen molar-refractivity contribution in [1.82, 2.24) is 5.32 Å². The van der Waals surface area contributed by atoms with Gasteiger partial charge in [0.1, 0.15) is 5.76 Å². The first-order valence-electron chi connectivity index (χ1n) is 9.29. The van der Waals surface area contributed by atoms with Crippen molar-refractivity contribution in [3.05, 3.63) is 41.9 Å². The Morgan fingerprint density at radius 2 is 1.81 bits per heavy atom. The molecule has 1 aromatic carbocycles. The van der Waals surface area contributed by atoms with Crippen LogP contribution in [0.4, 0.5) is 0 Å². The number of carbonyl (C=O) groups is 1. The van der Waals surface area contributed by atoms with E-state index in [0.29, 0.717) is 28.7 Å². The van der Waals surface area contributed by atoms with Gasteiger partial charge in [-0.15, -0.1) is 0 Å². The molecule has 2 atom stereocenters. The molecule has 0 saturated heterocycles. The molecule has 0 bridgehead atoms. The van der Waals surface area contributed by atoms with Crippen molar-refractivity contribution in [3.8, 4) is 17.2 Å². The van der Waals surface area contributed by atoms with Gasteiger partial charge >= 0.3 is 0 Å². The fraction of sp³-hybridized carbons (Fsp3) is 0.476. The monoisotopic (exact) mass is 373 g/mol. The van der Waals surface area contributed by atoms with Gasteiger partial charge in [0.2, 0.25) is 5.75 Å². The number of methoxy groups -OCH3 is 3. The van der Waals surface area contributed by atoms with Crippen LogP contribution in [0, 0.1) is 5.92 Å². The molecule has 1 N–H and O–H groups in total. The highest BCUT2D eigenvalue weighted by atomic mass is 16.5. The largest absolute Gasteiger partial charge is 0.493 e. The van der Waals surface area contributed by atoms with Crippen LogP contribution >= 0.6 is 0 Å². The van der Waals surface area contributed by atoms with Gasteiger partial charge in [-0.1, -0.05) is 12.8 Å². The zero-order valence-electron chi connectivity index (χ0n) is 16.1. The smallest absolute Gasteiger partial charge is 0.251 e. The van der Waals surface area contributed by atoms with Crippen molar-refractivity contribution in [3.63, 3.8) is 0 Å². The number of hydrogen-bond donors (Lipinski definition) is 1. The second-order valence-electron chi connectivity index (χ2n) is 6.82. The molecule has 1 aliphatic carbocycles. The first-order chi connectivity index (χ1) is 13.2. The Morgan fingerprint density at radius 1 is 1.11 bits per heavy atom. The molecule has 1 amide bonds. The summed E-state index contributed by atoms with van der Waals surface area (Å²) in [5, 5.41) is 3.21. The Hall–Kier alpha value is -2.63. The van der Waals surface area contributed by atoms with E-state index in [1.807, 2.05) is 12.1 Å². The second-order valence-corrected chi connectivity index (χ2v) is 6.82. The minimum atomic E-state index is -0.134. The summed E-state index contributed by atoms with van der Waals surface area (Å²) in [6.07, 6.45) is 6.90. The number of hydrogen-bond acceptors (Lipinski definition) is 5. The van der Waals surface area contributed by atoms with E-state index in [9.17, 15) is 4.79 Å². The zero-order chi connectivity index (χ0) is 19.2. The minimum absolute atomic E-state index is 0.121. The Balaban J connectivity index is 1.76. The molecule has 0 spiro atoms. The molecule has 2 aromatic rings. The zero-order valence-corrected chi connectivity index (χ0v) is 16.1. The lowest BCUT2D eigenvalue weighted by molar-refractivity contribution is 0.0903. The molecule has 3 rings (SSSR count). The maximum absolute atomic E-state index is 12.9. The molecular weight excluding hydrogens is 346 g/mol. The maximum atomic E-state index is 12.9. The van der Waals surface area contributed by atoms with E-state index in [4.69, 9.17) is 18.6 Å². The third-order valence-corrected chi connectivity index (χ3v) is 5.20. The van der Waals surface area contributed by atoms with Crippen LogP contribution in [0.25, 0.3) is 0 Å². The number of carbonyl (C=O) groups excluding carboxylic acids is 1. The van der Waals surface area contributed by atoms with Gasteiger partial charge in [0, 0.05) is 18.0 Å². The van der Waals surface area contributed by atoms with Gasteiger partial charge in [-0.25, -0.2) is 0 Å². The Bertz CT molecular complexity index is 731. The number of nitrogens with one attached hydrogen (secondary N) is 1. The van der Waals surface area contributed by atoms with Gasteiger partial charge in [0.15, 0.2) is 11.5 Å². The molecule has 1 fully saturated rings. The summed E-state index contributed by atoms with van der Waals surface area (Å²) in [4.78, 5) is 12.9. The number of benzene rings is 1. The van der Waals surface area contributed by atoms with Gasteiger partial charge < -0.3 is 23.9 Å². The van der Waals surface area contributed by atoms with Crippen LogP contribution < -0.4 is 19.5 Å². The Labute approximate surface area is 159 Å². The molecule has 146 valence electrons. The van der Waals surface area contributed by atoms with Gasteiger partial charge in [-0.3, -0.25) is 4.79 Å². The van der Waals surface area contributed by atoms with Crippen LogP contribution in [-0.2, 0) is 6.42 Å². The number of amides is 1. The lowest BCUT2D eigenvalue weighted by atomic mass is 9.81. The SMILES string of the molecule is COc1cc(C(=O)N[C@@H]2CCCC[C@@H]2Cc2ccco2)cc(OC)c1OC. The van der Waals surface area contributed by atoms with Crippen molar-refractivity contribution in [2.75, 3.05) is 21.3 Å². The Kier molecular flexibility index (Phi) is 6.27. The second kappa shape index (κ2) is 8.84. The van der Waals surface area contributed by atoms with Crippen LogP contribution in [0.2, 0.25) is 0 Å². The normalized spacial score (nSPS) is 19.4. The third kappa shape index (κ3) is 4.38. The van der Waals surface area contributed by atoms with E-state index in [2.05, 4.69) is 5.32 Å². The topological polar surface area (TPSA) is 69.9 Å². The van der Waals surface area contributed by atoms with Gasteiger partial charge in [0.25, 0.3) is 5.91 Å². The van der Waals surface area contributed by atoms with Crippen molar-refractivity contribution in [1.29, 1.82) is 0 Å². The van der Waals surface area contributed by atoms with E-state index >= 15 is 0 Å². The van der Waals surface area contributed by atoms with Crippen LogP contribution in [0.3, 0.4) is 0 Å². The average Bonchev–Trinajstić information content (AvgIpc) is 3.21. The fourth-order valence-corrected chi connectivity index (χ4v) is 3.79. The summed E-state index contributed by atoms with van der Waals surface area (Å²) in [6, 6.07) is 7.38. The highest BCUT2D eigenvalue weighted by Crippen LogP contribution is 2.38. The molecule has 0 unspecified atom stereocenters. The highest BCUT2D eigenvalue weighted by Gasteiger charge is 2.28. The predicted molar refractivity (Wildman–Crippen MR) is 102 cm³/mol. The Morgan fingerprint density at radius 3 is 2.41 bits per heavy atom. The quantitative estimate of drug-likeness (QED) is 0.799. The van der Waals surface area contributed by atoms with E-state index < -0.39 is 0 Å². The standard InChI is InChI=1S/C21H27NO5/c1-24-18-12-15(13-19(25-2)20(18)26-3)21(23)22-17-9-5-4-7-14(17)11-16-8-6-10-27-16/h6,8,10,12-14,17H,4-5,7,9,11H2,1-3H3,(H,22,23)/t14-,17-/m1/s1. The van der Waals surface area contributed by atoms with Crippen molar-refractivity contribution >= 4 is 5.91 Å². The van der Waals surface area contributed by atoms with Crippen molar-refractivity contribution in [2.45, 2.75) is 38.1 Å². The summed E-state index contributed by atoms with van der Waals surface area (Å²) in [5.41, 5.74) is 0.492. The van der Waals surface area contributed by atoms with E-state index in [1.54, 1.807) is 39.7 Å². The molecule has 1 aliphatic rings. The minimum Gasteiger partial charge on any atom is -0.493 e. The summed E-state index contributed by atoms with van der Waals surface area (Å²) in [7, 11) is 4.63. The first-order valence-corrected chi connectivity index (χ1v) is 9.29. The molecule has 27 heavy (non-hydrogen) atoms. The summed E-state index contributed by atoms with van der Waals surface area (Å²) < 4.78 is 21.5. The molecular formula is C21H27NO5. The van der Waals surface area contributed by atoms with Gasteiger partial charge in [0.05, 0.1) is 27.6 Å². The molecule has 0 aliphatic heterocycles. The summed E-state index contributed by atoms with van der Waals surface area (Å²) >= 11 is 0. The predicted octanol–water partition coefficient (Wildman–Crippen LogP) is 3.84. The molecule has 1 heterocycles. The number of rotatable bonds is 7. The first kappa shape index (κ1) is 19.1. The summed E-state index contributed by atoms with van der Waals surface area (Å²) in [5.74, 6) is 2.62. The third-order valence-electron chi connectivity index (χ3n) is 5.20. The summed E-state index contributed by atoms with van der Waals surface area (Å²) in [6.45, 7) is 0.